The first-order valence-electron chi connectivity index (χ1n) is 12.8. The van der Waals surface area contributed by atoms with E-state index in [1.54, 1.807) is 11.0 Å². The summed E-state index contributed by atoms with van der Waals surface area (Å²) in [6.45, 7) is 1.29. The van der Waals surface area contributed by atoms with Crippen LogP contribution in [-0.2, 0) is 21.6 Å². The van der Waals surface area contributed by atoms with Crippen molar-refractivity contribution < 1.29 is 32.6 Å². The molecule has 4 unspecified atom stereocenters. The highest BCUT2D eigenvalue weighted by Gasteiger charge is 2.58. The fourth-order valence-electron chi connectivity index (χ4n) is 6.52. The zero-order chi connectivity index (χ0) is 27.3. The van der Waals surface area contributed by atoms with Crippen LogP contribution in [0.1, 0.15) is 43.2 Å². The minimum Gasteiger partial charge on any atom is -0.453 e. The van der Waals surface area contributed by atoms with Crippen LogP contribution < -0.4 is 16.1 Å². The number of carbonyl (C=O) groups excluding carboxylic acids is 2. The van der Waals surface area contributed by atoms with Gasteiger partial charge in [0.2, 0.25) is 5.91 Å². The quantitative estimate of drug-likeness (QED) is 0.460. The molecule has 3 saturated heterocycles. The summed E-state index contributed by atoms with van der Waals surface area (Å²) in [6, 6.07) is 6.44. The van der Waals surface area contributed by atoms with Crippen molar-refractivity contribution in [2.75, 3.05) is 32.1 Å². The highest BCUT2D eigenvalue weighted by molar-refractivity contribution is 5.82. The first-order chi connectivity index (χ1) is 18.0. The molecule has 3 aliphatic heterocycles. The van der Waals surface area contributed by atoms with E-state index in [0.29, 0.717) is 50.1 Å². The van der Waals surface area contributed by atoms with E-state index in [9.17, 15) is 33.1 Å². The number of benzene rings is 1. The lowest BCUT2D eigenvalue weighted by Gasteiger charge is -2.48. The van der Waals surface area contributed by atoms with Gasteiger partial charge in [-0.3, -0.25) is 4.79 Å². The molecule has 0 aromatic heterocycles. The zero-order valence-corrected chi connectivity index (χ0v) is 21.0. The third-order valence-corrected chi connectivity index (χ3v) is 8.57. The summed E-state index contributed by atoms with van der Waals surface area (Å²) in [5, 5.41) is 28.2. The number of halogens is 3. The lowest BCUT2D eigenvalue weighted by Crippen LogP contribution is -2.62. The van der Waals surface area contributed by atoms with Crippen molar-refractivity contribution in [2.45, 2.75) is 68.0 Å². The number of hydrazine groups is 1. The smallest absolute Gasteiger partial charge is 0.421 e. The number of rotatable bonds is 4. The Morgan fingerprint density at radius 3 is 2.71 bits per heavy atom. The van der Waals surface area contributed by atoms with Crippen LogP contribution in [0.3, 0.4) is 0 Å². The average Bonchev–Trinajstić information content (AvgIpc) is 3.44. The van der Waals surface area contributed by atoms with Gasteiger partial charge in [-0.15, -0.1) is 0 Å². The summed E-state index contributed by atoms with van der Waals surface area (Å²) in [4.78, 5) is 26.6. The number of methoxy groups -OCH3 is 1. The van der Waals surface area contributed by atoms with Crippen molar-refractivity contribution >= 4 is 17.7 Å². The molecule has 4 atom stereocenters. The summed E-state index contributed by atoms with van der Waals surface area (Å²) in [6.07, 6.45) is -4.25. The third-order valence-electron chi connectivity index (χ3n) is 8.57. The molecule has 0 radical (unpaired) electrons. The normalized spacial score (nSPS) is 30.7. The highest BCUT2D eigenvalue weighted by atomic mass is 19.4. The molecular formula is C25H31F3N6O4. The van der Waals surface area contributed by atoms with Crippen molar-refractivity contribution in [1.82, 2.24) is 20.7 Å². The second kappa shape index (κ2) is 9.59. The molecule has 3 fully saturated rings. The first kappa shape index (κ1) is 26.5. The monoisotopic (exact) mass is 536 g/mol. The fraction of sp³-hybridized carbons (Fsp3) is 0.640. The van der Waals surface area contributed by atoms with Crippen molar-refractivity contribution in [3.05, 3.63) is 29.3 Å². The SMILES string of the molecule is COC(=O)N1CCC(CC#N)(N2NC(Nc3ccc4c(c3)CCC4(O)C(F)(F)F)C3C(=O)NCCC32)CC1. The van der Waals surface area contributed by atoms with Crippen molar-refractivity contribution in [1.29, 1.82) is 5.26 Å². The number of likely N-dealkylation sites (tertiary alicyclic amines) is 1. The maximum Gasteiger partial charge on any atom is 0.421 e. The summed E-state index contributed by atoms with van der Waals surface area (Å²) < 4.78 is 45.4. The van der Waals surface area contributed by atoms with Gasteiger partial charge in [0.1, 0.15) is 6.17 Å². The van der Waals surface area contributed by atoms with Crippen LogP contribution in [0.5, 0.6) is 0 Å². The van der Waals surface area contributed by atoms with E-state index in [2.05, 4.69) is 22.1 Å². The number of ether oxygens (including phenoxy) is 1. The number of aryl methyl sites for hydroxylation is 1. The number of carbonyl (C=O) groups is 2. The lowest BCUT2D eigenvalue weighted by atomic mass is 9.81. The Kier molecular flexibility index (Phi) is 6.69. The molecule has 4 N–H and O–H groups in total. The molecule has 3 heterocycles. The van der Waals surface area contributed by atoms with Gasteiger partial charge in [-0.1, -0.05) is 6.07 Å². The van der Waals surface area contributed by atoms with Crippen LogP contribution in [0, 0.1) is 17.2 Å². The van der Waals surface area contributed by atoms with Gasteiger partial charge in [0.15, 0.2) is 5.60 Å². The molecule has 0 saturated carbocycles. The fourth-order valence-corrected chi connectivity index (χ4v) is 6.52. The predicted octanol–water partition coefficient (Wildman–Crippen LogP) is 1.96. The van der Waals surface area contributed by atoms with Gasteiger partial charge in [-0.05, 0) is 55.4 Å². The largest absolute Gasteiger partial charge is 0.453 e. The van der Waals surface area contributed by atoms with Crippen molar-refractivity contribution in [2.24, 2.45) is 5.92 Å². The predicted molar refractivity (Wildman–Crippen MR) is 128 cm³/mol. The summed E-state index contributed by atoms with van der Waals surface area (Å²) in [5.41, 5.74) is 0.739. The van der Waals surface area contributed by atoms with E-state index in [1.165, 1.54) is 19.2 Å². The maximum atomic E-state index is 13.5. The van der Waals surface area contributed by atoms with Gasteiger partial charge in [-0.25, -0.2) is 15.2 Å². The first-order valence-corrected chi connectivity index (χ1v) is 12.8. The lowest BCUT2D eigenvalue weighted by molar-refractivity contribution is -0.265. The van der Waals surface area contributed by atoms with Crippen LogP contribution in [0.15, 0.2) is 18.2 Å². The number of anilines is 1. The number of hydrogen-bond donors (Lipinski definition) is 4. The van der Waals surface area contributed by atoms with Gasteiger partial charge >= 0.3 is 12.3 Å². The number of nitrogens with one attached hydrogen (secondary N) is 3. The molecule has 1 aromatic carbocycles. The van der Waals surface area contributed by atoms with Crippen LogP contribution in [0.2, 0.25) is 0 Å². The van der Waals surface area contributed by atoms with E-state index in [0.717, 1.165) is 0 Å². The third kappa shape index (κ3) is 4.24. The van der Waals surface area contributed by atoms with Crippen LogP contribution >= 0.6 is 0 Å². The number of fused-ring (bicyclic) bond motifs is 2. The molecule has 38 heavy (non-hydrogen) atoms. The van der Waals surface area contributed by atoms with Crippen molar-refractivity contribution in [3.8, 4) is 6.07 Å². The molecule has 10 nitrogen and oxygen atoms in total. The Balaban J connectivity index is 1.40. The van der Waals surface area contributed by atoms with E-state index in [1.807, 2.05) is 5.01 Å². The molecule has 13 heteroatoms. The second-order valence-electron chi connectivity index (χ2n) is 10.5. The molecular weight excluding hydrogens is 505 g/mol. The topological polar surface area (TPSA) is 130 Å². The van der Waals surface area contributed by atoms with Crippen LogP contribution in [0.25, 0.3) is 0 Å². The van der Waals surface area contributed by atoms with Gasteiger partial charge in [0, 0.05) is 31.4 Å². The minimum absolute atomic E-state index is 0.0829. The minimum atomic E-state index is -4.77. The molecule has 1 aromatic rings. The maximum absolute atomic E-state index is 13.5. The average molecular weight is 537 g/mol. The molecule has 0 spiro atoms. The molecule has 206 valence electrons. The number of amides is 2. The molecule has 4 aliphatic rings. The van der Waals surface area contributed by atoms with Gasteiger partial charge < -0.3 is 25.4 Å². The molecule has 2 amide bonds. The number of aliphatic hydroxyl groups is 1. The van der Waals surface area contributed by atoms with Gasteiger partial charge in [0.25, 0.3) is 0 Å². The van der Waals surface area contributed by atoms with E-state index >= 15 is 0 Å². The standard InChI is InChI=1S/C25H31F3N6O4/c1-38-22(36)33-12-8-23(7-10-29,9-13-33)34-18-5-11-30-21(35)19(18)20(32-34)31-16-2-3-17-15(14-16)4-6-24(17,37)25(26,27)28/h2-3,14,18-20,31-32,37H,4-9,11-13H2,1H3,(H,30,35). The Labute approximate surface area is 218 Å². The Bertz CT molecular complexity index is 1150. The van der Waals surface area contributed by atoms with E-state index in [-0.39, 0.29) is 30.4 Å². The number of nitriles is 1. The second-order valence-corrected chi connectivity index (χ2v) is 10.5. The Morgan fingerprint density at radius 1 is 1.32 bits per heavy atom. The number of alkyl halides is 3. The van der Waals surface area contributed by atoms with Crippen LogP contribution in [0.4, 0.5) is 23.7 Å². The zero-order valence-electron chi connectivity index (χ0n) is 21.0. The number of nitrogens with zero attached hydrogens (tertiary/aromatic N) is 3. The van der Waals surface area contributed by atoms with E-state index in [4.69, 9.17) is 4.74 Å². The number of hydrogen-bond acceptors (Lipinski definition) is 8. The molecule has 0 bridgehead atoms. The van der Waals surface area contributed by atoms with Gasteiger partial charge in [0.05, 0.1) is 31.1 Å². The Morgan fingerprint density at radius 2 is 2.05 bits per heavy atom. The number of piperidine rings is 2. The van der Waals surface area contributed by atoms with Gasteiger partial charge in [-0.2, -0.15) is 18.4 Å². The van der Waals surface area contributed by atoms with Crippen molar-refractivity contribution in [3.63, 3.8) is 0 Å². The Hall–Kier alpha value is -3.08. The molecule has 5 rings (SSSR count). The summed E-state index contributed by atoms with van der Waals surface area (Å²) in [7, 11) is 1.33. The van der Waals surface area contributed by atoms with E-state index < -0.39 is 41.9 Å². The molecule has 1 aliphatic carbocycles. The summed E-state index contributed by atoms with van der Waals surface area (Å²) >= 11 is 0. The highest BCUT2D eigenvalue weighted by Crippen LogP contribution is 2.48. The summed E-state index contributed by atoms with van der Waals surface area (Å²) in [5.74, 6) is -0.668. The van der Waals surface area contributed by atoms with Crippen LogP contribution in [-0.4, -0.2) is 77.7 Å².